The van der Waals surface area contributed by atoms with Crippen LogP contribution in [0.5, 0.6) is 17.5 Å². The summed E-state index contributed by atoms with van der Waals surface area (Å²) in [5.74, 6) is -0.731. The van der Waals surface area contributed by atoms with Crippen molar-refractivity contribution in [1.82, 2.24) is 9.97 Å². The van der Waals surface area contributed by atoms with Crippen molar-refractivity contribution >= 4 is 17.5 Å². The lowest BCUT2D eigenvalue weighted by Crippen LogP contribution is -2.17. The lowest BCUT2D eigenvalue weighted by Gasteiger charge is -2.08. The minimum absolute atomic E-state index is 0.0150. The highest BCUT2D eigenvalue weighted by Gasteiger charge is 2.10. The Morgan fingerprint density at radius 1 is 1.04 bits per heavy atom. The van der Waals surface area contributed by atoms with E-state index in [0.717, 1.165) is 12.4 Å². The molecule has 0 aliphatic heterocycles. The number of carbonyl (C=O) groups is 1. The maximum atomic E-state index is 13.7. The van der Waals surface area contributed by atoms with Gasteiger partial charge in [0.15, 0.2) is 11.6 Å². The van der Waals surface area contributed by atoms with E-state index >= 15 is 0 Å². The molecule has 0 spiro atoms. The highest BCUT2D eigenvalue weighted by Crippen LogP contribution is 2.25. The van der Waals surface area contributed by atoms with Crippen molar-refractivity contribution in [3.63, 3.8) is 0 Å². The molecule has 1 aromatic heterocycles. The molecule has 0 saturated heterocycles. The first-order chi connectivity index (χ1) is 12.1. The zero-order chi connectivity index (χ0) is 17.6. The average Bonchev–Trinajstić information content (AvgIpc) is 2.58. The molecule has 3 rings (SSSR count). The molecule has 0 saturated carbocycles. The van der Waals surface area contributed by atoms with Crippen molar-refractivity contribution in [2.75, 3.05) is 11.1 Å². The number of aromatic nitrogens is 2. The second kappa shape index (κ2) is 7.26. The monoisotopic (exact) mass is 340 g/mol. The number of hydrogen-bond acceptors (Lipinski definition) is 6. The highest BCUT2D eigenvalue weighted by atomic mass is 19.1. The van der Waals surface area contributed by atoms with E-state index in [2.05, 4.69) is 15.3 Å². The van der Waals surface area contributed by atoms with Crippen LogP contribution in [0.3, 0.4) is 0 Å². The van der Waals surface area contributed by atoms with Gasteiger partial charge in [0, 0.05) is 17.4 Å². The normalized spacial score (nSPS) is 10.1. The van der Waals surface area contributed by atoms with Crippen LogP contribution in [-0.4, -0.2) is 16.1 Å². The van der Waals surface area contributed by atoms with Gasteiger partial charge in [-0.3, -0.25) is 5.32 Å². The summed E-state index contributed by atoms with van der Waals surface area (Å²) in [5, 5.41) is 2.54. The number of nitrogen functional groups attached to an aromatic ring is 1. The van der Waals surface area contributed by atoms with Crippen LogP contribution in [0.25, 0.3) is 0 Å². The Morgan fingerprint density at radius 2 is 1.80 bits per heavy atom. The van der Waals surface area contributed by atoms with Crippen molar-refractivity contribution in [2.24, 2.45) is 0 Å². The summed E-state index contributed by atoms with van der Waals surface area (Å²) in [4.78, 5) is 19.5. The van der Waals surface area contributed by atoms with Crippen molar-refractivity contribution in [2.45, 2.75) is 0 Å². The molecule has 25 heavy (non-hydrogen) atoms. The fourth-order valence-corrected chi connectivity index (χ4v) is 1.91. The topological polar surface area (TPSA) is 99.4 Å². The lowest BCUT2D eigenvalue weighted by molar-refractivity contribution is 0.213. The fraction of sp³-hybridized carbons (Fsp3) is 0. The Balaban J connectivity index is 1.68. The number of carbonyl (C=O) groups excluding carboxylic acids is 1. The minimum atomic E-state index is -0.727. The molecule has 7 nitrogen and oxygen atoms in total. The third-order valence-corrected chi connectivity index (χ3v) is 3.00. The number of rotatable bonds is 4. The summed E-state index contributed by atoms with van der Waals surface area (Å²) in [5.41, 5.74) is 6.32. The highest BCUT2D eigenvalue weighted by molar-refractivity contribution is 5.85. The SMILES string of the molecule is Nc1ccc(Oc2cc(OC(=O)Nc3ccccc3)ncn2)c(F)c1. The molecule has 0 aliphatic rings. The second-order valence-electron chi connectivity index (χ2n) is 4.87. The van der Waals surface area contributed by atoms with E-state index < -0.39 is 11.9 Å². The molecular formula is C17H13FN4O3. The maximum Gasteiger partial charge on any atom is 0.418 e. The summed E-state index contributed by atoms with van der Waals surface area (Å²) in [6, 6.07) is 14.0. The first-order valence-electron chi connectivity index (χ1n) is 7.19. The number of benzene rings is 2. The van der Waals surface area contributed by atoms with Crippen LogP contribution in [0, 0.1) is 5.82 Å². The molecule has 3 aromatic rings. The van der Waals surface area contributed by atoms with Gasteiger partial charge < -0.3 is 15.2 Å². The molecule has 0 radical (unpaired) electrons. The number of anilines is 2. The second-order valence-corrected chi connectivity index (χ2v) is 4.87. The summed E-state index contributed by atoms with van der Waals surface area (Å²) < 4.78 is 24.1. The molecule has 126 valence electrons. The lowest BCUT2D eigenvalue weighted by atomic mass is 10.3. The number of para-hydroxylation sites is 1. The predicted molar refractivity (Wildman–Crippen MR) is 89.0 cm³/mol. The zero-order valence-corrected chi connectivity index (χ0v) is 12.8. The van der Waals surface area contributed by atoms with E-state index in [1.165, 1.54) is 18.2 Å². The molecule has 1 heterocycles. The number of amides is 1. The Hall–Kier alpha value is -3.68. The fourth-order valence-electron chi connectivity index (χ4n) is 1.91. The number of ether oxygens (including phenoxy) is 2. The molecule has 8 heteroatoms. The molecule has 0 fully saturated rings. The van der Waals surface area contributed by atoms with Crippen molar-refractivity contribution < 1.29 is 18.7 Å². The van der Waals surface area contributed by atoms with Gasteiger partial charge in [0.05, 0.1) is 6.07 Å². The third kappa shape index (κ3) is 4.41. The van der Waals surface area contributed by atoms with E-state index in [-0.39, 0.29) is 23.2 Å². The zero-order valence-electron chi connectivity index (χ0n) is 12.8. The van der Waals surface area contributed by atoms with Crippen LogP contribution in [0.15, 0.2) is 60.9 Å². The first kappa shape index (κ1) is 16.2. The number of halogens is 1. The molecule has 0 bridgehead atoms. The standard InChI is InChI=1S/C17H13FN4O3/c18-13-8-11(19)6-7-14(13)24-15-9-16(21-10-20-15)25-17(23)22-12-4-2-1-3-5-12/h1-10H,19H2,(H,22,23). The summed E-state index contributed by atoms with van der Waals surface area (Å²) >= 11 is 0. The molecular weight excluding hydrogens is 327 g/mol. The number of nitrogens with one attached hydrogen (secondary N) is 1. The Morgan fingerprint density at radius 3 is 2.56 bits per heavy atom. The number of nitrogens with two attached hydrogens (primary N) is 1. The van der Waals surface area contributed by atoms with Gasteiger partial charge in [-0.05, 0) is 24.3 Å². The molecule has 2 aromatic carbocycles. The van der Waals surface area contributed by atoms with Crippen molar-refractivity contribution in [1.29, 1.82) is 0 Å². The average molecular weight is 340 g/mol. The van der Waals surface area contributed by atoms with Crippen LogP contribution in [0.4, 0.5) is 20.6 Å². The Kier molecular flexibility index (Phi) is 4.70. The van der Waals surface area contributed by atoms with Gasteiger partial charge in [-0.25, -0.2) is 19.2 Å². The van der Waals surface area contributed by atoms with E-state index in [1.54, 1.807) is 24.3 Å². The quantitative estimate of drug-likeness (QED) is 0.704. The van der Waals surface area contributed by atoms with E-state index in [9.17, 15) is 9.18 Å². The third-order valence-electron chi connectivity index (χ3n) is 3.00. The Bertz CT molecular complexity index is 890. The van der Waals surface area contributed by atoms with Gasteiger partial charge in [0.25, 0.3) is 0 Å². The van der Waals surface area contributed by atoms with Crippen molar-refractivity contribution in [3.05, 3.63) is 66.7 Å². The largest absolute Gasteiger partial charge is 0.436 e. The van der Waals surface area contributed by atoms with Crippen LogP contribution in [-0.2, 0) is 0 Å². The van der Waals surface area contributed by atoms with Crippen LogP contribution in [0.2, 0.25) is 0 Å². The smallest absolute Gasteiger partial charge is 0.418 e. The van der Waals surface area contributed by atoms with E-state index in [0.29, 0.717) is 5.69 Å². The van der Waals surface area contributed by atoms with Gasteiger partial charge in [0.1, 0.15) is 6.33 Å². The van der Waals surface area contributed by atoms with Crippen LogP contribution in [0.1, 0.15) is 0 Å². The summed E-state index contributed by atoms with van der Waals surface area (Å²) in [7, 11) is 0. The molecule has 0 atom stereocenters. The summed E-state index contributed by atoms with van der Waals surface area (Å²) in [6.07, 6.45) is 0.407. The van der Waals surface area contributed by atoms with Gasteiger partial charge >= 0.3 is 6.09 Å². The van der Waals surface area contributed by atoms with E-state index in [4.69, 9.17) is 15.2 Å². The number of nitrogens with zero attached hydrogens (tertiary/aromatic N) is 2. The first-order valence-corrected chi connectivity index (χ1v) is 7.19. The van der Waals surface area contributed by atoms with Crippen LogP contribution >= 0.6 is 0 Å². The van der Waals surface area contributed by atoms with Gasteiger partial charge in [-0.1, -0.05) is 18.2 Å². The molecule has 0 unspecified atom stereocenters. The summed E-state index contributed by atoms with van der Waals surface area (Å²) in [6.45, 7) is 0. The van der Waals surface area contributed by atoms with Gasteiger partial charge in [-0.2, -0.15) is 0 Å². The molecule has 0 aliphatic carbocycles. The molecule has 1 amide bonds. The predicted octanol–water partition coefficient (Wildman–Crippen LogP) is 3.60. The Labute approximate surface area is 142 Å². The number of hydrogen-bond donors (Lipinski definition) is 2. The van der Waals surface area contributed by atoms with Gasteiger partial charge in [-0.15, -0.1) is 0 Å². The maximum absolute atomic E-state index is 13.7. The van der Waals surface area contributed by atoms with E-state index in [1.807, 2.05) is 6.07 Å². The van der Waals surface area contributed by atoms with Crippen LogP contribution < -0.4 is 20.5 Å². The molecule has 3 N–H and O–H groups in total. The minimum Gasteiger partial charge on any atom is -0.436 e. The van der Waals surface area contributed by atoms with Crippen molar-refractivity contribution in [3.8, 4) is 17.5 Å². The van der Waals surface area contributed by atoms with Gasteiger partial charge in [0.2, 0.25) is 11.8 Å².